The van der Waals surface area contributed by atoms with Crippen LogP contribution >= 0.6 is 0 Å². The molecule has 0 aliphatic carbocycles. The summed E-state index contributed by atoms with van der Waals surface area (Å²) in [5, 5.41) is 0. The summed E-state index contributed by atoms with van der Waals surface area (Å²) in [6.07, 6.45) is -5.26. The Hall–Kier alpha value is -2.72. The minimum atomic E-state index is -5.26. The van der Waals surface area contributed by atoms with Gasteiger partial charge in [0.05, 0.1) is 11.1 Å². The van der Waals surface area contributed by atoms with Crippen LogP contribution in [0.25, 0.3) is 0 Å². The van der Waals surface area contributed by atoms with Gasteiger partial charge in [-0.25, -0.2) is 22.4 Å². The molecule has 0 saturated heterocycles. The van der Waals surface area contributed by atoms with Crippen molar-refractivity contribution in [3.05, 3.63) is 64.2 Å². The molecule has 0 aliphatic heterocycles. The lowest BCUT2D eigenvalue weighted by molar-refractivity contribution is -0.138. The van der Waals surface area contributed by atoms with Crippen LogP contribution in [0, 0.1) is 34.9 Å². The van der Waals surface area contributed by atoms with Crippen molar-refractivity contribution in [3.63, 3.8) is 0 Å². The average molecular weight is 374 g/mol. The first-order valence-corrected chi connectivity index (χ1v) is 6.05. The summed E-state index contributed by atoms with van der Waals surface area (Å²) in [5.41, 5.74) is -3.25. The molecule has 0 aromatic heterocycles. The molecule has 0 amide bonds. The summed E-state index contributed by atoms with van der Waals surface area (Å²) in [7, 11) is 0. The number of hydrogen-bond donors (Lipinski definition) is 0. The van der Waals surface area contributed by atoms with Crippen LogP contribution in [0.15, 0.2) is 18.2 Å². The molecule has 0 bridgehead atoms. The van der Waals surface area contributed by atoms with Crippen LogP contribution in [-0.4, -0.2) is 5.97 Å². The largest absolute Gasteiger partial charge is 0.417 e. The van der Waals surface area contributed by atoms with Crippen molar-refractivity contribution in [2.24, 2.45) is 0 Å². The molecule has 0 aliphatic rings. The number of benzene rings is 2. The fraction of sp³-hybridized carbons (Fsp3) is 0.0714. The van der Waals surface area contributed by atoms with Gasteiger partial charge in [0.25, 0.3) is 0 Å². The number of esters is 1. The molecule has 134 valence electrons. The van der Waals surface area contributed by atoms with Crippen molar-refractivity contribution in [1.82, 2.24) is 0 Å². The van der Waals surface area contributed by atoms with E-state index in [1.54, 1.807) is 0 Å². The highest BCUT2D eigenvalue weighted by Gasteiger charge is 2.37. The fourth-order valence-electron chi connectivity index (χ4n) is 1.75. The van der Waals surface area contributed by atoms with Gasteiger partial charge in [0.1, 0.15) is 5.82 Å². The predicted octanol–water partition coefficient (Wildman–Crippen LogP) is 4.76. The maximum atomic E-state index is 13.4. The van der Waals surface area contributed by atoms with E-state index in [0.29, 0.717) is 6.07 Å². The Kier molecular flexibility index (Phi) is 4.69. The normalized spacial score (nSPS) is 11.6. The average Bonchev–Trinajstić information content (AvgIpc) is 2.54. The number of hydrogen-bond acceptors (Lipinski definition) is 2. The highest BCUT2D eigenvalue weighted by molar-refractivity contribution is 5.93. The second-order valence-electron chi connectivity index (χ2n) is 4.48. The number of carbonyl (C=O) groups excluding carboxylic acids is 1. The third-order valence-electron chi connectivity index (χ3n) is 2.87. The number of ether oxygens (including phenoxy) is 1. The van der Waals surface area contributed by atoms with Crippen molar-refractivity contribution >= 4 is 5.97 Å². The zero-order valence-electron chi connectivity index (χ0n) is 11.5. The topological polar surface area (TPSA) is 26.3 Å². The Labute approximate surface area is 132 Å². The first-order chi connectivity index (χ1) is 11.4. The molecule has 0 spiro atoms. The number of carbonyl (C=O) groups is 1. The van der Waals surface area contributed by atoms with Crippen LogP contribution in [0.4, 0.5) is 39.5 Å². The minimum absolute atomic E-state index is 0.102. The smallest absolute Gasteiger partial charge is 0.416 e. The van der Waals surface area contributed by atoms with Crippen molar-refractivity contribution in [2.45, 2.75) is 6.18 Å². The lowest BCUT2D eigenvalue weighted by Crippen LogP contribution is -2.19. The van der Waals surface area contributed by atoms with Crippen LogP contribution in [-0.2, 0) is 6.18 Å². The molecule has 2 aromatic carbocycles. The molecule has 0 heterocycles. The standard InChI is InChI=1S/C14H3F9O2/c15-4-1-2-5(6(3-4)14(21,22)23)13(24)25-12-10(19)8(17)7(16)9(18)11(12)20/h1-3H. The molecule has 0 N–H and O–H groups in total. The molecule has 2 aromatic rings. The van der Waals surface area contributed by atoms with E-state index in [1.807, 2.05) is 0 Å². The first kappa shape index (κ1) is 18.6. The predicted molar refractivity (Wildman–Crippen MR) is 62.6 cm³/mol. The summed E-state index contributed by atoms with van der Waals surface area (Å²) < 4.78 is 121. The van der Waals surface area contributed by atoms with Gasteiger partial charge in [-0.1, -0.05) is 0 Å². The molecule has 25 heavy (non-hydrogen) atoms. The summed E-state index contributed by atoms with van der Waals surface area (Å²) >= 11 is 0. The maximum Gasteiger partial charge on any atom is 0.417 e. The van der Waals surface area contributed by atoms with E-state index in [2.05, 4.69) is 4.74 Å². The maximum absolute atomic E-state index is 13.4. The Morgan fingerprint density at radius 1 is 0.800 bits per heavy atom. The molecule has 11 heteroatoms. The Morgan fingerprint density at radius 2 is 1.28 bits per heavy atom. The molecule has 0 unspecified atom stereocenters. The van der Waals surface area contributed by atoms with Gasteiger partial charge in [-0.05, 0) is 18.2 Å². The highest BCUT2D eigenvalue weighted by atomic mass is 19.4. The third kappa shape index (κ3) is 3.39. The Bertz CT molecular complexity index is 829. The van der Waals surface area contributed by atoms with Crippen LogP contribution in [0.3, 0.4) is 0 Å². The third-order valence-corrected chi connectivity index (χ3v) is 2.87. The van der Waals surface area contributed by atoms with E-state index < -0.39 is 63.9 Å². The lowest BCUT2D eigenvalue weighted by Gasteiger charge is -2.13. The van der Waals surface area contributed by atoms with Gasteiger partial charge in [0, 0.05) is 0 Å². The zero-order valence-corrected chi connectivity index (χ0v) is 11.5. The number of halogens is 9. The van der Waals surface area contributed by atoms with Gasteiger partial charge >= 0.3 is 12.1 Å². The van der Waals surface area contributed by atoms with Crippen molar-refractivity contribution in [1.29, 1.82) is 0 Å². The molecule has 2 nitrogen and oxygen atoms in total. The van der Waals surface area contributed by atoms with Gasteiger partial charge in [-0.3, -0.25) is 0 Å². The van der Waals surface area contributed by atoms with Crippen molar-refractivity contribution < 1.29 is 49.0 Å². The number of rotatable bonds is 2. The highest BCUT2D eigenvalue weighted by Crippen LogP contribution is 2.34. The molecule has 0 radical (unpaired) electrons. The van der Waals surface area contributed by atoms with E-state index in [9.17, 15) is 44.3 Å². The Balaban J connectivity index is 2.53. The van der Waals surface area contributed by atoms with E-state index in [0.717, 1.165) is 0 Å². The second-order valence-corrected chi connectivity index (χ2v) is 4.48. The van der Waals surface area contributed by atoms with E-state index in [4.69, 9.17) is 0 Å². The summed E-state index contributed by atoms with van der Waals surface area (Å²) in [6, 6.07) is 0.589. The SMILES string of the molecule is O=C(Oc1c(F)c(F)c(F)c(F)c1F)c1ccc(F)cc1C(F)(F)F. The van der Waals surface area contributed by atoms with Crippen LogP contribution < -0.4 is 4.74 Å². The van der Waals surface area contributed by atoms with E-state index in [-0.39, 0.29) is 12.1 Å². The lowest BCUT2D eigenvalue weighted by atomic mass is 10.1. The quantitative estimate of drug-likeness (QED) is 0.249. The van der Waals surface area contributed by atoms with Gasteiger partial charge in [-0.2, -0.15) is 22.0 Å². The van der Waals surface area contributed by atoms with Gasteiger partial charge in [0.2, 0.25) is 34.8 Å². The molecule has 0 fully saturated rings. The van der Waals surface area contributed by atoms with Gasteiger partial charge in [0.15, 0.2) is 0 Å². The van der Waals surface area contributed by atoms with E-state index in [1.165, 1.54) is 0 Å². The van der Waals surface area contributed by atoms with Crippen molar-refractivity contribution in [3.8, 4) is 5.75 Å². The summed E-state index contributed by atoms with van der Waals surface area (Å²) in [6.45, 7) is 0. The second kappa shape index (κ2) is 6.30. The Morgan fingerprint density at radius 3 is 1.76 bits per heavy atom. The fourth-order valence-corrected chi connectivity index (χ4v) is 1.75. The molecular formula is C14H3F9O2. The number of alkyl halides is 3. The van der Waals surface area contributed by atoms with E-state index >= 15 is 0 Å². The summed E-state index contributed by atoms with van der Waals surface area (Å²) in [5.74, 6) is -18.2. The van der Waals surface area contributed by atoms with Crippen molar-refractivity contribution in [2.75, 3.05) is 0 Å². The zero-order chi connectivity index (χ0) is 19.1. The van der Waals surface area contributed by atoms with Gasteiger partial charge in [-0.15, -0.1) is 0 Å². The summed E-state index contributed by atoms with van der Waals surface area (Å²) in [4.78, 5) is 11.7. The van der Waals surface area contributed by atoms with Crippen LogP contribution in [0.2, 0.25) is 0 Å². The molecule has 0 atom stereocenters. The first-order valence-electron chi connectivity index (χ1n) is 6.05. The van der Waals surface area contributed by atoms with Crippen LogP contribution in [0.1, 0.15) is 15.9 Å². The minimum Gasteiger partial charge on any atom is -0.416 e. The van der Waals surface area contributed by atoms with Gasteiger partial charge < -0.3 is 4.74 Å². The van der Waals surface area contributed by atoms with Crippen LogP contribution in [0.5, 0.6) is 5.75 Å². The molecular weight excluding hydrogens is 371 g/mol. The monoisotopic (exact) mass is 374 g/mol. The molecule has 2 rings (SSSR count). The molecule has 0 saturated carbocycles.